The summed E-state index contributed by atoms with van der Waals surface area (Å²) in [7, 11) is 0. The first-order valence-electron chi connectivity index (χ1n) is 6.25. The van der Waals surface area contributed by atoms with Crippen molar-refractivity contribution in [2.45, 2.75) is 46.1 Å². The molecule has 0 spiro atoms. The van der Waals surface area contributed by atoms with Crippen molar-refractivity contribution in [3.63, 3.8) is 0 Å². The van der Waals surface area contributed by atoms with E-state index in [0.717, 1.165) is 18.5 Å². The van der Waals surface area contributed by atoms with Gasteiger partial charge >= 0.3 is 0 Å². The molecular formula is C13H22N4O. The standard InChI is InChI=1S/C13H22N4O/c1-5-13(4,6-7-14)15-12(18)11-8-9(2)16-17-10(11)3/h8H,5-7,14H2,1-4H3,(H,15,18). The Morgan fingerprint density at radius 2 is 2.11 bits per heavy atom. The van der Waals surface area contributed by atoms with Crippen LogP contribution in [0.3, 0.4) is 0 Å². The molecule has 1 amide bonds. The van der Waals surface area contributed by atoms with Gasteiger partial charge in [-0.1, -0.05) is 6.92 Å². The largest absolute Gasteiger partial charge is 0.347 e. The molecule has 5 nitrogen and oxygen atoms in total. The summed E-state index contributed by atoms with van der Waals surface area (Å²) in [5, 5.41) is 10.9. The lowest BCUT2D eigenvalue weighted by molar-refractivity contribution is 0.0898. The maximum absolute atomic E-state index is 12.2. The molecule has 0 radical (unpaired) electrons. The highest BCUT2D eigenvalue weighted by Crippen LogP contribution is 2.15. The molecule has 5 heteroatoms. The van der Waals surface area contributed by atoms with Gasteiger partial charge in [0, 0.05) is 5.54 Å². The fourth-order valence-corrected chi connectivity index (χ4v) is 1.77. The summed E-state index contributed by atoms with van der Waals surface area (Å²) >= 11 is 0. The number of rotatable bonds is 5. The first-order chi connectivity index (χ1) is 8.41. The number of nitrogens with two attached hydrogens (primary N) is 1. The summed E-state index contributed by atoms with van der Waals surface area (Å²) in [6, 6.07) is 1.76. The molecule has 1 aromatic heterocycles. The van der Waals surface area contributed by atoms with E-state index in [1.54, 1.807) is 13.0 Å². The monoisotopic (exact) mass is 250 g/mol. The van der Waals surface area contributed by atoms with Crippen molar-refractivity contribution in [3.8, 4) is 0 Å². The molecule has 0 aliphatic rings. The Labute approximate surface area is 108 Å². The number of hydrogen-bond donors (Lipinski definition) is 2. The Kier molecular flexibility index (Phi) is 4.78. The molecule has 0 aliphatic heterocycles. The molecule has 0 bridgehead atoms. The summed E-state index contributed by atoms with van der Waals surface area (Å²) in [6.45, 7) is 8.21. The zero-order valence-corrected chi connectivity index (χ0v) is 11.6. The third-order valence-electron chi connectivity index (χ3n) is 3.24. The van der Waals surface area contributed by atoms with Crippen molar-refractivity contribution in [1.29, 1.82) is 0 Å². The number of amides is 1. The van der Waals surface area contributed by atoms with Gasteiger partial charge in [-0.25, -0.2) is 0 Å². The first-order valence-corrected chi connectivity index (χ1v) is 6.25. The average molecular weight is 250 g/mol. The summed E-state index contributed by atoms with van der Waals surface area (Å²) < 4.78 is 0. The number of nitrogens with one attached hydrogen (secondary N) is 1. The molecular weight excluding hydrogens is 228 g/mol. The summed E-state index contributed by atoms with van der Waals surface area (Å²) in [5.74, 6) is -0.108. The van der Waals surface area contributed by atoms with Crippen molar-refractivity contribution in [3.05, 3.63) is 23.0 Å². The smallest absolute Gasteiger partial charge is 0.253 e. The highest BCUT2D eigenvalue weighted by atomic mass is 16.1. The predicted octanol–water partition coefficient (Wildman–Crippen LogP) is 1.34. The average Bonchev–Trinajstić information content (AvgIpc) is 2.32. The van der Waals surface area contributed by atoms with Crippen LogP contribution < -0.4 is 11.1 Å². The molecule has 0 saturated heterocycles. The van der Waals surface area contributed by atoms with E-state index in [-0.39, 0.29) is 11.4 Å². The van der Waals surface area contributed by atoms with Crippen LogP contribution in [0.4, 0.5) is 0 Å². The highest BCUT2D eigenvalue weighted by molar-refractivity contribution is 5.95. The lowest BCUT2D eigenvalue weighted by Gasteiger charge is -2.29. The first kappa shape index (κ1) is 14.6. The minimum Gasteiger partial charge on any atom is -0.347 e. The third kappa shape index (κ3) is 3.50. The van der Waals surface area contributed by atoms with E-state index in [1.165, 1.54) is 0 Å². The molecule has 1 aromatic rings. The second kappa shape index (κ2) is 5.91. The molecule has 1 unspecified atom stereocenters. The second-order valence-electron chi connectivity index (χ2n) is 4.89. The minimum atomic E-state index is -0.268. The van der Waals surface area contributed by atoms with Gasteiger partial charge in [0.15, 0.2) is 0 Å². The van der Waals surface area contributed by atoms with Crippen molar-refractivity contribution in [2.24, 2.45) is 5.73 Å². The summed E-state index contributed by atoms with van der Waals surface area (Å²) in [5.41, 5.74) is 7.28. The van der Waals surface area contributed by atoms with Crippen molar-refractivity contribution < 1.29 is 4.79 Å². The third-order valence-corrected chi connectivity index (χ3v) is 3.24. The topological polar surface area (TPSA) is 80.9 Å². The number of aromatic nitrogens is 2. The van der Waals surface area contributed by atoms with Gasteiger partial charge in [-0.3, -0.25) is 4.79 Å². The fourth-order valence-electron chi connectivity index (χ4n) is 1.77. The van der Waals surface area contributed by atoms with E-state index >= 15 is 0 Å². The second-order valence-corrected chi connectivity index (χ2v) is 4.89. The molecule has 3 N–H and O–H groups in total. The van der Waals surface area contributed by atoms with Gasteiger partial charge < -0.3 is 11.1 Å². The van der Waals surface area contributed by atoms with E-state index in [2.05, 4.69) is 15.5 Å². The Bertz CT molecular complexity index is 433. The number of aryl methyl sites for hydroxylation is 2. The molecule has 0 aliphatic carbocycles. The Hall–Kier alpha value is -1.49. The van der Waals surface area contributed by atoms with Gasteiger partial charge in [-0.15, -0.1) is 0 Å². The van der Waals surface area contributed by atoms with Gasteiger partial charge in [-0.05, 0) is 46.2 Å². The fraction of sp³-hybridized carbons (Fsp3) is 0.615. The maximum atomic E-state index is 12.2. The molecule has 100 valence electrons. The maximum Gasteiger partial charge on any atom is 0.253 e. The van der Waals surface area contributed by atoms with Gasteiger partial charge in [-0.2, -0.15) is 10.2 Å². The minimum absolute atomic E-state index is 0.108. The number of carbonyl (C=O) groups excluding carboxylic acids is 1. The lowest BCUT2D eigenvalue weighted by Crippen LogP contribution is -2.47. The molecule has 1 heterocycles. The van der Waals surface area contributed by atoms with Crippen LogP contribution in [0.15, 0.2) is 6.07 Å². The highest BCUT2D eigenvalue weighted by Gasteiger charge is 2.24. The van der Waals surface area contributed by atoms with Crippen LogP contribution in [-0.4, -0.2) is 28.2 Å². The van der Waals surface area contributed by atoms with E-state index in [0.29, 0.717) is 17.8 Å². The van der Waals surface area contributed by atoms with Gasteiger partial charge in [0.2, 0.25) is 0 Å². The molecule has 0 fully saturated rings. The zero-order valence-electron chi connectivity index (χ0n) is 11.6. The van der Waals surface area contributed by atoms with Crippen LogP contribution >= 0.6 is 0 Å². The van der Waals surface area contributed by atoms with E-state index < -0.39 is 0 Å². The zero-order chi connectivity index (χ0) is 13.8. The van der Waals surface area contributed by atoms with Gasteiger partial charge in [0.25, 0.3) is 5.91 Å². The quantitative estimate of drug-likeness (QED) is 0.826. The summed E-state index contributed by atoms with van der Waals surface area (Å²) in [4.78, 5) is 12.2. The van der Waals surface area contributed by atoms with E-state index in [4.69, 9.17) is 5.73 Å². The molecule has 0 saturated carbocycles. The van der Waals surface area contributed by atoms with Crippen LogP contribution in [0.5, 0.6) is 0 Å². The Morgan fingerprint density at radius 3 is 2.67 bits per heavy atom. The Balaban J connectivity index is 2.90. The van der Waals surface area contributed by atoms with Crippen LogP contribution in [0, 0.1) is 13.8 Å². The molecule has 18 heavy (non-hydrogen) atoms. The van der Waals surface area contributed by atoms with Crippen LogP contribution in [0.2, 0.25) is 0 Å². The van der Waals surface area contributed by atoms with Crippen molar-refractivity contribution in [2.75, 3.05) is 6.54 Å². The molecule has 1 atom stereocenters. The van der Waals surface area contributed by atoms with Crippen LogP contribution in [-0.2, 0) is 0 Å². The van der Waals surface area contributed by atoms with Crippen molar-refractivity contribution >= 4 is 5.91 Å². The molecule has 1 rings (SSSR count). The van der Waals surface area contributed by atoms with Crippen molar-refractivity contribution in [1.82, 2.24) is 15.5 Å². The summed E-state index contributed by atoms with van der Waals surface area (Å²) in [6.07, 6.45) is 1.60. The number of carbonyl (C=O) groups is 1. The SMILES string of the molecule is CCC(C)(CCN)NC(=O)c1cc(C)nnc1C. The molecule has 0 aromatic carbocycles. The lowest BCUT2D eigenvalue weighted by atomic mass is 9.94. The van der Waals surface area contributed by atoms with Gasteiger partial charge in [0.1, 0.15) is 0 Å². The Morgan fingerprint density at radius 1 is 1.44 bits per heavy atom. The predicted molar refractivity (Wildman–Crippen MR) is 71.3 cm³/mol. The number of nitrogens with zero attached hydrogens (tertiary/aromatic N) is 2. The number of hydrogen-bond acceptors (Lipinski definition) is 4. The van der Waals surface area contributed by atoms with Crippen LogP contribution in [0.25, 0.3) is 0 Å². The normalized spacial score (nSPS) is 14.1. The van der Waals surface area contributed by atoms with E-state index in [9.17, 15) is 4.79 Å². The van der Waals surface area contributed by atoms with Crippen LogP contribution in [0.1, 0.15) is 48.4 Å². The van der Waals surface area contributed by atoms with Gasteiger partial charge in [0.05, 0.1) is 17.0 Å². The van der Waals surface area contributed by atoms with E-state index in [1.807, 2.05) is 20.8 Å².